The molecule has 126 valence electrons. The molecule has 0 amide bonds. The van der Waals surface area contributed by atoms with E-state index in [1.165, 1.54) is 0 Å². The number of nitrogens with zero attached hydrogens (tertiary/aromatic N) is 1. The van der Waals surface area contributed by atoms with E-state index in [-0.39, 0.29) is 19.3 Å². The molecule has 0 radical (unpaired) electrons. The number of hydrogen-bond acceptors (Lipinski definition) is 5. The molecule has 2 fully saturated rings. The molecular weight excluding hydrogens is 354 g/mol. The lowest BCUT2D eigenvalue weighted by Crippen LogP contribution is -2.60. The molecule has 7 heteroatoms. The molecule has 2 aliphatic rings. The zero-order chi connectivity index (χ0) is 16.2. The molecular formula is C15H25BrNO5+. The first kappa shape index (κ1) is 17.7. The minimum atomic E-state index is -1.18. The van der Waals surface area contributed by atoms with Gasteiger partial charge < -0.3 is 18.7 Å². The quantitative estimate of drug-likeness (QED) is 0.310. The number of ether oxygens (including phenoxy) is 3. The zero-order valence-corrected chi connectivity index (χ0v) is 14.9. The normalized spacial score (nSPS) is 25.9. The standard InChI is InChI=1S/C15H25BrNO5/c1-3-21-13(18)15(14(19)22-4-2)9-12(10-16)17(11-15)5-7-20-8-6-17/h12H,3-11H2,1-2H3/q+1. The van der Waals surface area contributed by atoms with Crippen LogP contribution in [0.25, 0.3) is 0 Å². The van der Waals surface area contributed by atoms with Gasteiger partial charge in [-0.25, -0.2) is 0 Å². The smallest absolute Gasteiger partial charge is 0.329 e. The molecule has 2 rings (SSSR count). The predicted octanol–water partition coefficient (Wildman–Crippen LogP) is 1.11. The summed E-state index contributed by atoms with van der Waals surface area (Å²) in [7, 11) is 0. The van der Waals surface area contributed by atoms with Gasteiger partial charge in [-0.05, 0) is 13.8 Å². The summed E-state index contributed by atoms with van der Waals surface area (Å²) in [5, 5.41) is 0.744. The molecule has 1 unspecified atom stereocenters. The van der Waals surface area contributed by atoms with Gasteiger partial charge in [-0.3, -0.25) is 9.59 Å². The van der Waals surface area contributed by atoms with Crippen molar-refractivity contribution in [1.82, 2.24) is 0 Å². The van der Waals surface area contributed by atoms with Gasteiger partial charge >= 0.3 is 11.9 Å². The lowest BCUT2D eigenvalue weighted by Gasteiger charge is -2.42. The number of quaternary nitrogens is 1. The fourth-order valence-corrected chi connectivity index (χ4v) is 4.52. The molecule has 2 aliphatic heterocycles. The maximum Gasteiger partial charge on any atom is 0.329 e. The first-order valence-electron chi connectivity index (χ1n) is 7.88. The highest BCUT2D eigenvalue weighted by Crippen LogP contribution is 2.43. The SMILES string of the molecule is CCOC(=O)C1(C(=O)OCC)CC(CBr)[N+]2(CCOCC2)C1. The maximum absolute atomic E-state index is 12.6. The van der Waals surface area contributed by atoms with Gasteiger partial charge in [0.1, 0.15) is 25.7 Å². The fraction of sp³-hybridized carbons (Fsp3) is 0.867. The number of carbonyl (C=O) groups is 2. The topological polar surface area (TPSA) is 61.8 Å². The second-order valence-electron chi connectivity index (χ2n) is 5.97. The Hall–Kier alpha value is -0.660. The highest BCUT2D eigenvalue weighted by atomic mass is 79.9. The number of alkyl halides is 1. The Balaban J connectivity index is 2.33. The maximum atomic E-state index is 12.6. The molecule has 0 saturated carbocycles. The summed E-state index contributed by atoms with van der Waals surface area (Å²) in [4.78, 5) is 25.2. The summed E-state index contributed by atoms with van der Waals surface area (Å²) in [6.07, 6.45) is 0.468. The van der Waals surface area contributed by atoms with Crippen molar-refractivity contribution >= 4 is 27.9 Å². The first-order valence-corrected chi connectivity index (χ1v) is 9.00. The van der Waals surface area contributed by atoms with Gasteiger partial charge in [-0.1, -0.05) is 15.9 Å². The number of carbonyl (C=O) groups excluding carboxylic acids is 2. The second kappa shape index (κ2) is 7.27. The summed E-state index contributed by atoms with van der Waals surface area (Å²) < 4.78 is 16.6. The molecule has 0 aromatic rings. The number of rotatable bonds is 5. The monoisotopic (exact) mass is 378 g/mol. The lowest BCUT2D eigenvalue weighted by atomic mass is 9.85. The predicted molar refractivity (Wildman–Crippen MR) is 83.6 cm³/mol. The molecule has 6 nitrogen and oxygen atoms in total. The van der Waals surface area contributed by atoms with Crippen LogP contribution >= 0.6 is 15.9 Å². The molecule has 2 heterocycles. The molecule has 22 heavy (non-hydrogen) atoms. The van der Waals surface area contributed by atoms with Crippen LogP contribution in [0.3, 0.4) is 0 Å². The lowest BCUT2D eigenvalue weighted by molar-refractivity contribution is -0.945. The molecule has 0 aliphatic carbocycles. The Kier molecular flexibility index (Phi) is 5.85. The largest absolute Gasteiger partial charge is 0.465 e. The van der Waals surface area contributed by atoms with Gasteiger partial charge in [0.2, 0.25) is 5.41 Å². The number of halogens is 1. The molecule has 0 aromatic heterocycles. The van der Waals surface area contributed by atoms with Crippen LogP contribution in [-0.2, 0) is 23.8 Å². The van der Waals surface area contributed by atoms with Crippen LogP contribution in [0.4, 0.5) is 0 Å². The van der Waals surface area contributed by atoms with Crippen LogP contribution in [-0.4, -0.2) is 73.9 Å². The van der Waals surface area contributed by atoms with E-state index in [2.05, 4.69) is 15.9 Å². The van der Waals surface area contributed by atoms with Crippen LogP contribution in [0.1, 0.15) is 20.3 Å². The van der Waals surface area contributed by atoms with E-state index in [1.54, 1.807) is 13.8 Å². The van der Waals surface area contributed by atoms with E-state index in [4.69, 9.17) is 14.2 Å². The van der Waals surface area contributed by atoms with Crippen molar-refractivity contribution in [2.24, 2.45) is 5.41 Å². The summed E-state index contributed by atoms with van der Waals surface area (Å²) in [6.45, 7) is 7.44. The van der Waals surface area contributed by atoms with Crippen molar-refractivity contribution in [1.29, 1.82) is 0 Å². The highest BCUT2D eigenvalue weighted by molar-refractivity contribution is 9.09. The summed E-state index contributed by atoms with van der Waals surface area (Å²) in [5.74, 6) is -0.887. The minimum Gasteiger partial charge on any atom is -0.465 e. The van der Waals surface area contributed by atoms with Crippen molar-refractivity contribution < 1.29 is 28.3 Å². The third-order valence-electron chi connectivity index (χ3n) is 4.82. The van der Waals surface area contributed by atoms with Crippen molar-refractivity contribution in [2.45, 2.75) is 26.3 Å². The third kappa shape index (κ3) is 3.03. The molecule has 0 bridgehead atoms. The van der Waals surface area contributed by atoms with Crippen LogP contribution < -0.4 is 0 Å². The van der Waals surface area contributed by atoms with Gasteiger partial charge in [0.05, 0.1) is 31.8 Å². The number of hydrogen-bond donors (Lipinski definition) is 0. The van der Waals surface area contributed by atoms with Gasteiger partial charge in [-0.2, -0.15) is 0 Å². The fourth-order valence-electron chi connectivity index (χ4n) is 3.68. The molecule has 1 spiro atoms. The average Bonchev–Trinajstić information content (AvgIpc) is 2.84. The van der Waals surface area contributed by atoms with E-state index < -0.39 is 17.4 Å². The van der Waals surface area contributed by atoms with E-state index in [1.807, 2.05) is 0 Å². The summed E-state index contributed by atoms with van der Waals surface area (Å²) in [5.41, 5.74) is -1.18. The molecule has 1 atom stereocenters. The van der Waals surface area contributed by atoms with Crippen LogP contribution in [0.2, 0.25) is 0 Å². The van der Waals surface area contributed by atoms with Crippen LogP contribution in [0.5, 0.6) is 0 Å². The Labute approximate surface area is 139 Å². The minimum absolute atomic E-state index is 0.192. The third-order valence-corrected chi connectivity index (χ3v) is 5.56. The number of esters is 2. The van der Waals surface area contributed by atoms with Gasteiger partial charge in [-0.15, -0.1) is 0 Å². The van der Waals surface area contributed by atoms with Crippen molar-refractivity contribution in [3.8, 4) is 0 Å². The Morgan fingerprint density at radius 1 is 1.18 bits per heavy atom. The van der Waals surface area contributed by atoms with E-state index in [9.17, 15) is 9.59 Å². The number of morpholine rings is 1. The van der Waals surface area contributed by atoms with Crippen molar-refractivity contribution in [2.75, 3.05) is 51.4 Å². The summed E-state index contributed by atoms with van der Waals surface area (Å²) in [6, 6.07) is 0.192. The average molecular weight is 379 g/mol. The van der Waals surface area contributed by atoms with Crippen LogP contribution in [0.15, 0.2) is 0 Å². The Morgan fingerprint density at radius 3 is 2.18 bits per heavy atom. The van der Waals surface area contributed by atoms with Crippen LogP contribution in [0, 0.1) is 5.41 Å². The highest BCUT2D eigenvalue weighted by Gasteiger charge is 2.64. The van der Waals surface area contributed by atoms with Crippen molar-refractivity contribution in [3.63, 3.8) is 0 Å². The van der Waals surface area contributed by atoms with Gasteiger partial charge in [0, 0.05) is 6.42 Å². The Morgan fingerprint density at radius 2 is 1.73 bits per heavy atom. The molecule has 0 aromatic carbocycles. The van der Waals surface area contributed by atoms with E-state index >= 15 is 0 Å². The molecule has 0 N–H and O–H groups in total. The van der Waals surface area contributed by atoms with Gasteiger partial charge in [0.25, 0.3) is 0 Å². The van der Waals surface area contributed by atoms with E-state index in [0.29, 0.717) is 26.2 Å². The van der Waals surface area contributed by atoms with Gasteiger partial charge in [0.15, 0.2) is 0 Å². The van der Waals surface area contributed by atoms with E-state index in [0.717, 1.165) is 22.9 Å². The van der Waals surface area contributed by atoms with Crippen molar-refractivity contribution in [3.05, 3.63) is 0 Å². The molecule has 2 saturated heterocycles. The first-order chi connectivity index (χ1) is 10.5. The summed E-state index contributed by atoms with van der Waals surface area (Å²) >= 11 is 3.55. The Bertz CT molecular complexity index is 404. The second-order valence-corrected chi connectivity index (χ2v) is 6.62. The zero-order valence-electron chi connectivity index (χ0n) is 13.3.